The number of amides is 3. The van der Waals surface area contributed by atoms with Crippen LogP contribution in [0.4, 0.5) is 10.5 Å². The summed E-state index contributed by atoms with van der Waals surface area (Å²) in [4.78, 5) is 45.4. The lowest BCUT2D eigenvalue weighted by Gasteiger charge is -2.30. The number of carbonyl (C=O) groups is 3. The zero-order chi connectivity index (χ0) is 26.8. The molecule has 0 bridgehead atoms. The molecule has 1 saturated carbocycles. The van der Waals surface area contributed by atoms with Gasteiger partial charge < -0.3 is 24.6 Å². The van der Waals surface area contributed by atoms with E-state index < -0.39 is 12.1 Å². The topological polar surface area (TPSA) is 91.4 Å². The van der Waals surface area contributed by atoms with Crippen LogP contribution < -0.4 is 10.2 Å². The number of fused-ring (bicyclic) bond motifs is 3. The molecule has 0 spiro atoms. The molecule has 4 atom stereocenters. The second kappa shape index (κ2) is 11.6. The van der Waals surface area contributed by atoms with Crippen molar-refractivity contribution in [3.8, 4) is 0 Å². The molecule has 0 aromatic heterocycles. The van der Waals surface area contributed by atoms with Crippen LogP contribution in [-0.2, 0) is 32.2 Å². The second-order valence-electron chi connectivity index (χ2n) is 11.6. The van der Waals surface area contributed by atoms with Gasteiger partial charge in [-0.15, -0.1) is 0 Å². The van der Waals surface area contributed by atoms with Gasteiger partial charge in [0.15, 0.2) is 0 Å². The van der Waals surface area contributed by atoms with Gasteiger partial charge in [-0.05, 0) is 48.8 Å². The van der Waals surface area contributed by atoms with Crippen molar-refractivity contribution in [3.63, 3.8) is 0 Å². The molecule has 9 nitrogen and oxygen atoms in total. The Morgan fingerprint density at radius 1 is 1.03 bits per heavy atom. The number of allylic oxidation sites excluding steroid dienone is 1. The minimum absolute atomic E-state index is 0.0160. The van der Waals surface area contributed by atoms with E-state index in [1.165, 1.54) is 0 Å². The highest BCUT2D eigenvalue weighted by molar-refractivity contribution is 5.89. The Balaban J connectivity index is 1.10. The molecule has 1 aromatic rings. The summed E-state index contributed by atoms with van der Waals surface area (Å²) in [6.45, 7) is 4.37. The lowest BCUT2D eigenvalue weighted by Crippen LogP contribution is -2.46. The van der Waals surface area contributed by atoms with Gasteiger partial charge in [0.25, 0.3) is 0 Å². The SMILES string of the molecule is O=C1N[C@@H]2C[C@H]2/C=C\CCCCCCC(=O)N2C[C@H](OC(=O)N3Cc4cccc(N5CCOCC5)c4C3)C[C@@H]12. The molecule has 9 heteroatoms. The van der Waals surface area contributed by atoms with E-state index in [0.717, 1.165) is 68.4 Å². The van der Waals surface area contributed by atoms with Crippen LogP contribution in [0.3, 0.4) is 0 Å². The molecule has 1 aliphatic carbocycles. The lowest BCUT2D eigenvalue weighted by atomic mass is 10.1. The Bertz CT molecular complexity index is 1120. The Morgan fingerprint density at radius 3 is 2.74 bits per heavy atom. The van der Waals surface area contributed by atoms with E-state index in [1.54, 1.807) is 9.80 Å². The highest BCUT2D eigenvalue weighted by Gasteiger charge is 2.45. The van der Waals surface area contributed by atoms with E-state index in [2.05, 4.69) is 34.5 Å². The molecule has 1 N–H and O–H groups in total. The Hall–Kier alpha value is -3.07. The van der Waals surface area contributed by atoms with Gasteiger partial charge >= 0.3 is 6.09 Å². The summed E-state index contributed by atoms with van der Waals surface area (Å²) in [6.07, 6.45) is 10.4. The van der Waals surface area contributed by atoms with Crippen molar-refractivity contribution in [1.82, 2.24) is 15.1 Å². The van der Waals surface area contributed by atoms with Crippen molar-refractivity contribution >= 4 is 23.6 Å². The highest BCUT2D eigenvalue weighted by Crippen LogP contribution is 2.35. The summed E-state index contributed by atoms with van der Waals surface area (Å²) in [6, 6.07) is 5.79. The number of anilines is 1. The number of carbonyl (C=O) groups excluding carboxylic acids is 3. The second-order valence-corrected chi connectivity index (χ2v) is 11.6. The highest BCUT2D eigenvalue weighted by atomic mass is 16.6. The number of ether oxygens (including phenoxy) is 2. The van der Waals surface area contributed by atoms with Crippen molar-refractivity contribution in [2.75, 3.05) is 37.7 Å². The molecule has 0 radical (unpaired) electrons. The average Bonchev–Trinajstić information content (AvgIpc) is 3.32. The Labute approximate surface area is 230 Å². The van der Waals surface area contributed by atoms with Crippen molar-refractivity contribution in [1.29, 1.82) is 0 Å². The molecule has 6 rings (SSSR count). The van der Waals surface area contributed by atoms with E-state index in [0.29, 0.717) is 45.1 Å². The van der Waals surface area contributed by atoms with Crippen LogP contribution in [-0.4, -0.2) is 78.7 Å². The summed E-state index contributed by atoms with van der Waals surface area (Å²) in [5, 5.41) is 3.15. The molecule has 4 heterocycles. The molecular formula is C30H40N4O5. The third kappa shape index (κ3) is 5.93. The number of benzene rings is 1. The third-order valence-corrected chi connectivity index (χ3v) is 8.78. The van der Waals surface area contributed by atoms with Crippen molar-refractivity contribution in [2.45, 2.75) is 82.6 Å². The summed E-state index contributed by atoms with van der Waals surface area (Å²) >= 11 is 0. The maximum atomic E-state index is 13.3. The fourth-order valence-corrected chi connectivity index (χ4v) is 6.44. The first kappa shape index (κ1) is 26.2. The third-order valence-electron chi connectivity index (χ3n) is 8.78. The summed E-state index contributed by atoms with van der Waals surface area (Å²) < 4.78 is 11.5. The molecule has 3 amide bonds. The van der Waals surface area contributed by atoms with E-state index in [-0.39, 0.29) is 30.5 Å². The summed E-state index contributed by atoms with van der Waals surface area (Å²) in [5.74, 6) is 0.247. The van der Waals surface area contributed by atoms with Gasteiger partial charge in [-0.2, -0.15) is 0 Å². The molecule has 0 unspecified atom stereocenters. The van der Waals surface area contributed by atoms with Crippen LogP contribution in [0.2, 0.25) is 0 Å². The van der Waals surface area contributed by atoms with E-state index in [4.69, 9.17) is 9.47 Å². The van der Waals surface area contributed by atoms with Gasteiger partial charge in [0.05, 0.1) is 26.3 Å². The van der Waals surface area contributed by atoms with Gasteiger partial charge in [0.2, 0.25) is 11.8 Å². The van der Waals surface area contributed by atoms with E-state index in [1.807, 2.05) is 6.07 Å². The molecule has 39 heavy (non-hydrogen) atoms. The van der Waals surface area contributed by atoms with Gasteiger partial charge in [0.1, 0.15) is 12.1 Å². The number of rotatable bonds is 2. The zero-order valence-corrected chi connectivity index (χ0v) is 22.7. The summed E-state index contributed by atoms with van der Waals surface area (Å²) in [7, 11) is 0. The Morgan fingerprint density at radius 2 is 1.87 bits per heavy atom. The predicted molar refractivity (Wildman–Crippen MR) is 146 cm³/mol. The summed E-state index contributed by atoms with van der Waals surface area (Å²) in [5.41, 5.74) is 3.46. The first-order chi connectivity index (χ1) is 19.1. The molecule has 2 saturated heterocycles. The van der Waals surface area contributed by atoms with Crippen LogP contribution in [0.1, 0.15) is 62.5 Å². The number of morpholine rings is 1. The smallest absolute Gasteiger partial charge is 0.410 e. The van der Waals surface area contributed by atoms with Crippen molar-refractivity contribution in [3.05, 3.63) is 41.5 Å². The fraction of sp³-hybridized carbons (Fsp3) is 0.633. The zero-order valence-electron chi connectivity index (χ0n) is 22.7. The number of hydrogen-bond donors (Lipinski definition) is 1. The first-order valence-electron chi connectivity index (χ1n) is 14.7. The molecule has 4 aliphatic heterocycles. The van der Waals surface area contributed by atoms with Crippen LogP contribution in [0, 0.1) is 5.92 Å². The van der Waals surface area contributed by atoms with Gasteiger partial charge in [-0.3, -0.25) is 14.5 Å². The molecule has 3 fully saturated rings. The van der Waals surface area contributed by atoms with E-state index in [9.17, 15) is 14.4 Å². The van der Waals surface area contributed by atoms with Crippen LogP contribution >= 0.6 is 0 Å². The Kier molecular flexibility index (Phi) is 7.77. The van der Waals surface area contributed by atoms with E-state index >= 15 is 0 Å². The van der Waals surface area contributed by atoms with Crippen LogP contribution in [0.15, 0.2) is 30.4 Å². The normalized spacial score (nSPS) is 30.4. The van der Waals surface area contributed by atoms with Crippen molar-refractivity contribution < 1.29 is 23.9 Å². The van der Waals surface area contributed by atoms with Crippen LogP contribution in [0.25, 0.3) is 0 Å². The molecule has 5 aliphatic rings. The number of hydrogen-bond acceptors (Lipinski definition) is 6. The predicted octanol–water partition coefficient (Wildman–Crippen LogP) is 3.36. The minimum Gasteiger partial charge on any atom is -0.444 e. The van der Waals surface area contributed by atoms with Crippen molar-refractivity contribution in [2.24, 2.45) is 5.92 Å². The quantitative estimate of drug-likeness (QED) is 0.583. The van der Waals surface area contributed by atoms with Gasteiger partial charge in [0, 0.05) is 44.2 Å². The maximum Gasteiger partial charge on any atom is 0.410 e. The molecule has 210 valence electrons. The first-order valence-corrected chi connectivity index (χ1v) is 14.7. The fourth-order valence-electron chi connectivity index (χ4n) is 6.44. The molecule has 1 aromatic carbocycles. The lowest BCUT2D eigenvalue weighted by molar-refractivity contribution is -0.138. The maximum absolute atomic E-state index is 13.3. The largest absolute Gasteiger partial charge is 0.444 e. The van der Waals surface area contributed by atoms with Crippen LogP contribution in [0.5, 0.6) is 0 Å². The number of nitrogens with one attached hydrogen (secondary N) is 1. The minimum atomic E-state index is -0.589. The standard InChI is InChI=1S/C30H40N4O5/c35-28-11-6-4-2-1-3-5-8-21-16-25(21)31-29(36)27-17-23(19-34(27)28)39-30(37)33-18-22-9-7-10-26(24(22)20-33)32-12-14-38-15-13-32/h5,7-10,21,23,25,27H,1-4,6,11-20H2,(H,31,36)/b8-5-/t21-,23-,25-,27+/m1/s1. The van der Waals surface area contributed by atoms with Gasteiger partial charge in [-0.1, -0.05) is 37.1 Å². The number of nitrogens with zero attached hydrogens (tertiary/aromatic N) is 3. The van der Waals surface area contributed by atoms with Gasteiger partial charge in [-0.25, -0.2) is 4.79 Å². The monoisotopic (exact) mass is 536 g/mol. The average molecular weight is 537 g/mol. The molecular weight excluding hydrogens is 496 g/mol.